The molecule has 0 saturated carbocycles. The van der Waals surface area contributed by atoms with Crippen LogP contribution >= 0.6 is 0 Å². The zero-order valence-corrected chi connectivity index (χ0v) is 27.3. The van der Waals surface area contributed by atoms with Gasteiger partial charge in [-0.3, -0.25) is 4.79 Å². The number of alkyl carbamates (subject to hydrolysis) is 1. The Hall–Kier alpha value is -3.47. The zero-order valence-electron chi connectivity index (χ0n) is 26.5. The molecule has 0 aromatic heterocycles. The quantitative estimate of drug-likeness (QED) is 0.214. The van der Waals surface area contributed by atoms with Crippen molar-refractivity contribution in [3.8, 4) is 11.5 Å². The Morgan fingerprint density at radius 2 is 1.87 bits per heavy atom. The average Bonchev–Trinajstić information content (AvgIpc) is 3.79. The summed E-state index contributed by atoms with van der Waals surface area (Å²) in [6.45, 7) is 3.51. The first-order chi connectivity index (χ1) is 22.4. The molecular formula is C32H43N3O11S. The second kappa shape index (κ2) is 15.2. The molecule has 4 unspecified atom stereocenters. The highest BCUT2D eigenvalue weighted by molar-refractivity contribution is 7.89. The second-order valence-corrected chi connectivity index (χ2v) is 14.6. The monoisotopic (exact) mass is 677 g/mol. The Bertz CT molecular complexity index is 1490. The summed E-state index contributed by atoms with van der Waals surface area (Å²) in [5.74, 6) is 0.0897. The van der Waals surface area contributed by atoms with Gasteiger partial charge in [0.2, 0.25) is 22.7 Å². The second-order valence-electron chi connectivity index (χ2n) is 12.7. The number of fused-ring (bicyclic) bond motifs is 2. The first-order valence-electron chi connectivity index (χ1n) is 15.6. The third kappa shape index (κ3) is 8.91. The number of ether oxygens (including phenoxy) is 5. The van der Waals surface area contributed by atoms with E-state index in [4.69, 9.17) is 28.8 Å². The fraction of sp³-hybridized carbons (Fsp3) is 0.562. The van der Waals surface area contributed by atoms with Crippen molar-refractivity contribution in [1.82, 2.24) is 14.9 Å². The lowest BCUT2D eigenvalue weighted by molar-refractivity contribution is -0.123. The average molecular weight is 678 g/mol. The number of nitrogens with zero attached hydrogens (tertiary/aromatic N) is 1. The Balaban J connectivity index is 1.37. The molecule has 2 aromatic carbocycles. The Morgan fingerprint density at radius 3 is 2.64 bits per heavy atom. The minimum atomic E-state index is -4.22. The van der Waals surface area contributed by atoms with E-state index in [-0.39, 0.29) is 56.0 Å². The van der Waals surface area contributed by atoms with Crippen LogP contribution in [0.5, 0.6) is 11.5 Å². The summed E-state index contributed by atoms with van der Waals surface area (Å²) in [5, 5.41) is 26.1. The Labute approximate surface area is 274 Å². The van der Waals surface area contributed by atoms with Crippen molar-refractivity contribution in [1.29, 1.82) is 0 Å². The molecule has 14 nitrogen and oxygen atoms in total. The topological polar surface area (TPSA) is 182 Å². The van der Waals surface area contributed by atoms with Crippen molar-refractivity contribution in [3.63, 3.8) is 0 Å². The predicted octanol–water partition coefficient (Wildman–Crippen LogP) is 1.39. The Kier molecular flexibility index (Phi) is 11.3. The van der Waals surface area contributed by atoms with Crippen LogP contribution in [0.4, 0.5) is 4.79 Å². The van der Waals surface area contributed by atoms with E-state index in [0.717, 1.165) is 5.56 Å². The molecule has 0 spiro atoms. The molecule has 0 radical (unpaired) electrons. The maximum atomic E-state index is 14.2. The number of nitrogens with one attached hydrogen (secondary N) is 2. The van der Waals surface area contributed by atoms with E-state index < -0.39 is 58.6 Å². The number of rotatable bonds is 15. The summed E-state index contributed by atoms with van der Waals surface area (Å²) < 4.78 is 57.1. The molecule has 4 N–H and O–H groups in total. The number of benzene rings is 2. The molecule has 5 rings (SSSR count). The number of aliphatic hydroxyl groups is 2. The van der Waals surface area contributed by atoms with E-state index in [9.17, 15) is 23.1 Å². The van der Waals surface area contributed by atoms with Gasteiger partial charge in [-0.05, 0) is 42.4 Å². The van der Waals surface area contributed by atoms with Crippen LogP contribution in [0.2, 0.25) is 0 Å². The molecule has 2 amide bonds. The first-order valence-corrected chi connectivity index (χ1v) is 17.1. The lowest BCUT2D eigenvalue weighted by Crippen LogP contribution is -2.52. The molecule has 3 aliphatic heterocycles. The van der Waals surface area contributed by atoms with Crippen LogP contribution in [-0.2, 0) is 35.4 Å². The highest BCUT2D eigenvalue weighted by atomic mass is 32.2. The minimum Gasteiger partial charge on any atom is -0.454 e. The summed E-state index contributed by atoms with van der Waals surface area (Å²) in [7, 11) is -4.22. The van der Waals surface area contributed by atoms with Gasteiger partial charge in [-0.1, -0.05) is 44.2 Å². The molecule has 3 aliphatic rings. The maximum Gasteiger partial charge on any atom is 0.407 e. The molecular weight excluding hydrogens is 634 g/mol. The third-order valence-corrected chi connectivity index (χ3v) is 10.4. The van der Waals surface area contributed by atoms with Crippen molar-refractivity contribution in [2.75, 3.05) is 46.2 Å². The fourth-order valence-corrected chi connectivity index (χ4v) is 7.61. The predicted molar refractivity (Wildman–Crippen MR) is 167 cm³/mol. The van der Waals surface area contributed by atoms with Crippen LogP contribution in [0.1, 0.15) is 32.3 Å². The largest absolute Gasteiger partial charge is 0.454 e. The van der Waals surface area contributed by atoms with E-state index in [1.54, 1.807) is 0 Å². The van der Waals surface area contributed by atoms with E-state index in [0.29, 0.717) is 25.2 Å². The van der Waals surface area contributed by atoms with Crippen LogP contribution in [0, 0.1) is 11.3 Å². The molecule has 2 saturated heterocycles. The molecule has 5 atom stereocenters. The molecule has 15 heteroatoms. The van der Waals surface area contributed by atoms with Crippen LogP contribution < -0.4 is 20.1 Å². The molecule has 3 heterocycles. The first kappa shape index (κ1) is 34.9. The number of hydrogen-bond acceptors (Lipinski definition) is 11. The molecule has 47 heavy (non-hydrogen) atoms. The van der Waals surface area contributed by atoms with Gasteiger partial charge in [0.05, 0.1) is 36.2 Å². The van der Waals surface area contributed by atoms with Gasteiger partial charge < -0.3 is 44.5 Å². The van der Waals surface area contributed by atoms with Crippen molar-refractivity contribution in [3.05, 3.63) is 54.1 Å². The van der Waals surface area contributed by atoms with Gasteiger partial charge >= 0.3 is 6.09 Å². The fourth-order valence-electron chi connectivity index (χ4n) is 5.94. The smallest absolute Gasteiger partial charge is 0.407 e. The number of sulfonamides is 1. The summed E-state index contributed by atoms with van der Waals surface area (Å²) >= 11 is 0. The normalized spacial score (nSPS) is 21.7. The van der Waals surface area contributed by atoms with Gasteiger partial charge in [0, 0.05) is 25.7 Å². The zero-order chi connectivity index (χ0) is 33.6. The summed E-state index contributed by atoms with van der Waals surface area (Å²) in [4.78, 5) is 24.7. The standard InChI is InChI=1S/C32H43N3O11S/c1-32(2,11-12-33-29(38)17-36)19-35(47(40,41)22-8-9-26-27(15-22)45-20-44-26)16-25(37)24(14-21-6-4-3-5-7-21)34-31(39)46-28-18-43-30-23(28)10-13-42-30/h3-9,15,23-25,28,30,36-37H,10-14,16-20H2,1-2H3,(H,33,38)(H,34,39)/t23?,24-,25?,28?,30?/m0/s1. The van der Waals surface area contributed by atoms with Crippen LogP contribution in [0.25, 0.3) is 0 Å². The highest BCUT2D eigenvalue weighted by Gasteiger charge is 2.44. The molecule has 0 aliphatic carbocycles. The minimum absolute atomic E-state index is 0.0296. The van der Waals surface area contributed by atoms with Crippen LogP contribution in [0.15, 0.2) is 53.4 Å². The molecule has 0 bridgehead atoms. The molecule has 2 fully saturated rings. The summed E-state index contributed by atoms with van der Waals surface area (Å²) in [6, 6.07) is 12.6. The van der Waals surface area contributed by atoms with E-state index in [1.807, 2.05) is 44.2 Å². The molecule has 258 valence electrons. The van der Waals surface area contributed by atoms with Gasteiger partial charge in [0.1, 0.15) is 12.7 Å². The number of aliphatic hydroxyl groups excluding tert-OH is 2. The van der Waals surface area contributed by atoms with E-state index in [1.165, 1.54) is 22.5 Å². The number of carbonyl (C=O) groups excluding carboxylic acids is 2. The SMILES string of the molecule is CC(C)(CCNC(=O)CO)CN(CC(O)[C@H](Cc1ccccc1)NC(=O)OC1COC2OCCC12)S(=O)(=O)c1ccc2c(c1)OCO2. The Morgan fingerprint density at radius 1 is 1.11 bits per heavy atom. The third-order valence-electron chi connectivity index (χ3n) is 8.55. The van der Waals surface area contributed by atoms with Gasteiger partial charge in [0.15, 0.2) is 17.8 Å². The lowest BCUT2D eigenvalue weighted by atomic mass is 9.89. The summed E-state index contributed by atoms with van der Waals surface area (Å²) in [5.41, 5.74) is 0.130. The lowest BCUT2D eigenvalue weighted by Gasteiger charge is -2.35. The maximum absolute atomic E-state index is 14.2. The van der Waals surface area contributed by atoms with Crippen molar-refractivity contribution in [2.24, 2.45) is 11.3 Å². The number of amides is 2. The van der Waals surface area contributed by atoms with Crippen molar-refractivity contribution in [2.45, 2.75) is 62.5 Å². The van der Waals surface area contributed by atoms with Crippen LogP contribution in [0.3, 0.4) is 0 Å². The highest BCUT2D eigenvalue weighted by Crippen LogP contribution is 2.36. The van der Waals surface area contributed by atoms with E-state index in [2.05, 4.69) is 10.6 Å². The number of carbonyl (C=O) groups is 2. The summed E-state index contributed by atoms with van der Waals surface area (Å²) in [6.07, 6.45) is -1.77. The van der Waals surface area contributed by atoms with Gasteiger partial charge in [0.25, 0.3) is 0 Å². The van der Waals surface area contributed by atoms with Gasteiger partial charge in [-0.15, -0.1) is 0 Å². The van der Waals surface area contributed by atoms with Crippen molar-refractivity contribution >= 4 is 22.0 Å². The van der Waals surface area contributed by atoms with Gasteiger partial charge in [-0.2, -0.15) is 4.31 Å². The van der Waals surface area contributed by atoms with Crippen LogP contribution in [-0.4, -0.2) is 106 Å². The van der Waals surface area contributed by atoms with Crippen molar-refractivity contribution < 1.29 is 51.9 Å². The molecule has 2 aromatic rings. The number of hydrogen-bond donors (Lipinski definition) is 4. The van der Waals surface area contributed by atoms with E-state index >= 15 is 0 Å². The van der Waals surface area contributed by atoms with Gasteiger partial charge in [-0.25, -0.2) is 13.2 Å².